The molecule has 0 spiro atoms. The Morgan fingerprint density at radius 3 is 3.09 bits per heavy atom. The molecule has 2 aromatic rings. The molecule has 22 heavy (non-hydrogen) atoms. The van der Waals surface area contributed by atoms with Crippen molar-refractivity contribution in [1.82, 2.24) is 15.5 Å². The van der Waals surface area contributed by atoms with Gasteiger partial charge in [0.1, 0.15) is 6.42 Å². The van der Waals surface area contributed by atoms with E-state index >= 15 is 0 Å². The zero-order valence-electron chi connectivity index (χ0n) is 12.4. The summed E-state index contributed by atoms with van der Waals surface area (Å²) in [5.74, 6) is 0.765. The molecule has 2 heterocycles. The number of thiophene rings is 1. The Hall–Kier alpha value is -1.95. The number of allylic oxidation sites excluding steroid dienone is 1. The van der Waals surface area contributed by atoms with Gasteiger partial charge in [-0.15, -0.1) is 21.5 Å². The quantitative estimate of drug-likeness (QED) is 0.830. The van der Waals surface area contributed by atoms with Crippen molar-refractivity contribution >= 4 is 17.2 Å². The second-order valence-electron chi connectivity index (χ2n) is 5.36. The first kappa shape index (κ1) is 15.0. The standard InChI is InChI=1S/C16H19N3O2S/c20-14(17-9-8-12-5-2-1-3-6-12)11-15-18-19-16(21-15)13-7-4-10-22-13/h4-5,7,10H,1-3,6,8-9,11H2,(H,17,20). The summed E-state index contributed by atoms with van der Waals surface area (Å²) < 4.78 is 5.51. The van der Waals surface area contributed by atoms with E-state index in [4.69, 9.17) is 4.42 Å². The highest BCUT2D eigenvalue weighted by Gasteiger charge is 2.13. The Bertz CT molecular complexity index is 646. The van der Waals surface area contributed by atoms with Gasteiger partial charge in [-0.05, 0) is 43.6 Å². The summed E-state index contributed by atoms with van der Waals surface area (Å²) in [6.45, 7) is 0.677. The molecule has 0 unspecified atom stereocenters. The van der Waals surface area contributed by atoms with Crippen molar-refractivity contribution in [2.45, 2.75) is 38.5 Å². The molecule has 0 aliphatic heterocycles. The van der Waals surface area contributed by atoms with Gasteiger partial charge in [-0.25, -0.2) is 0 Å². The van der Waals surface area contributed by atoms with Gasteiger partial charge in [-0.3, -0.25) is 4.79 Å². The maximum Gasteiger partial charge on any atom is 0.257 e. The highest BCUT2D eigenvalue weighted by Crippen LogP contribution is 2.23. The lowest BCUT2D eigenvalue weighted by atomic mass is 9.97. The van der Waals surface area contributed by atoms with Crippen LogP contribution in [0.25, 0.3) is 10.8 Å². The molecule has 2 aromatic heterocycles. The molecule has 1 aliphatic carbocycles. The van der Waals surface area contributed by atoms with Crippen LogP contribution in [0.5, 0.6) is 0 Å². The monoisotopic (exact) mass is 317 g/mol. The predicted octanol–water partition coefficient (Wildman–Crippen LogP) is 3.35. The largest absolute Gasteiger partial charge is 0.419 e. The van der Waals surface area contributed by atoms with Crippen LogP contribution in [0.3, 0.4) is 0 Å². The minimum absolute atomic E-state index is 0.0715. The number of carbonyl (C=O) groups excluding carboxylic acids is 1. The second kappa shape index (κ2) is 7.35. The number of aromatic nitrogens is 2. The summed E-state index contributed by atoms with van der Waals surface area (Å²) >= 11 is 1.53. The van der Waals surface area contributed by atoms with Crippen LogP contribution in [0.1, 0.15) is 38.0 Å². The fourth-order valence-electron chi connectivity index (χ4n) is 2.52. The Morgan fingerprint density at radius 2 is 2.32 bits per heavy atom. The molecular formula is C16H19N3O2S. The number of nitrogens with zero attached hydrogens (tertiary/aromatic N) is 2. The smallest absolute Gasteiger partial charge is 0.257 e. The van der Waals surface area contributed by atoms with Crippen LogP contribution < -0.4 is 5.32 Å². The number of hydrogen-bond acceptors (Lipinski definition) is 5. The third-order valence-electron chi connectivity index (χ3n) is 3.66. The first-order valence-corrected chi connectivity index (χ1v) is 8.50. The van der Waals surface area contributed by atoms with E-state index in [2.05, 4.69) is 21.6 Å². The van der Waals surface area contributed by atoms with Crippen molar-refractivity contribution in [2.24, 2.45) is 0 Å². The fourth-order valence-corrected chi connectivity index (χ4v) is 3.16. The molecule has 5 nitrogen and oxygen atoms in total. The van der Waals surface area contributed by atoms with E-state index in [0.29, 0.717) is 18.3 Å². The van der Waals surface area contributed by atoms with Crippen molar-refractivity contribution in [3.63, 3.8) is 0 Å². The number of hydrogen-bond donors (Lipinski definition) is 1. The van der Waals surface area contributed by atoms with Crippen molar-refractivity contribution in [2.75, 3.05) is 6.54 Å². The number of nitrogens with one attached hydrogen (secondary N) is 1. The second-order valence-corrected chi connectivity index (χ2v) is 6.31. The zero-order chi connectivity index (χ0) is 15.2. The Morgan fingerprint density at radius 1 is 1.36 bits per heavy atom. The van der Waals surface area contributed by atoms with E-state index in [1.165, 1.54) is 42.6 Å². The summed E-state index contributed by atoms with van der Waals surface area (Å²) in [7, 11) is 0. The van der Waals surface area contributed by atoms with Gasteiger partial charge in [-0.1, -0.05) is 17.7 Å². The predicted molar refractivity (Wildman–Crippen MR) is 85.5 cm³/mol. The normalized spacial score (nSPS) is 14.6. The average Bonchev–Trinajstić information content (AvgIpc) is 3.19. The lowest BCUT2D eigenvalue weighted by molar-refractivity contribution is -0.120. The minimum Gasteiger partial charge on any atom is -0.419 e. The lowest BCUT2D eigenvalue weighted by Gasteiger charge is -2.12. The molecule has 1 aliphatic rings. The van der Waals surface area contributed by atoms with Gasteiger partial charge in [0.05, 0.1) is 4.88 Å². The van der Waals surface area contributed by atoms with Crippen LogP contribution in [0.2, 0.25) is 0 Å². The molecule has 3 rings (SSSR count). The van der Waals surface area contributed by atoms with Gasteiger partial charge >= 0.3 is 0 Å². The van der Waals surface area contributed by atoms with E-state index < -0.39 is 0 Å². The van der Waals surface area contributed by atoms with Crippen molar-refractivity contribution < 1.29 is 9.21 Å². The van der Waals surface area contributed by atoms with Gasteiger partial charge in [0.2, 0.25) is 11.8 Å². The van der Waals surface area contributed by atoms with E-state index in [0.717, 1.165) is 11.3 Å². The van der Waals surface area contributed by atoms with E-state index in [9.17, 15) is 4.79 Å². The summed E-state index contributed by atoms with van der Waals surface area (Å²) in [4.78, 5) is 12.8. The first-order valence-electron chi connectivity index (χ1n) is 7.62. The maximum atomic E-state index is 11.9. The minimum atomic E-state index is -0.0715. The summed E-state index contributed by atoms with van der Waals surface area (Å²) in [6.07, 6.45) is 8.29. The average molecular weight is 317 g/mol. The lowest BCUT2D eigenvalue weighted by Crippen LogP contribution is -2.26. The molecule has 1 N–H and O–H groups in total. The highest BCUT2D eigenvalue weighted by atomic mass is 32.1. The summed E-state index contributed by atoms with van der Waals surface area (Å²) in [6, 6.07) is 3.84. The molecule has 0 bridgehead atoms. The van der Waals surface area contributed by atoms with Gasteiger partial charge in [0.25, 0.3) is 5.89 Å². The van der Waals surface area contributed by atoms with E-state index in [-0.39, 0.29) is 12.3 Å². The van der Waals surface area contributed by atoms with E-state index in [1.807, 2.05) is 17.5 Å². The van der Waals surface area contributed by atoms with Crippen molar-refractivity contribution in [3.05, 3.63) is 35.1 Å². The Labute approximate surface area is 133 Å². The van der Waals surface area contributed by atoms with E-state index in [1.54, 1.807) is 0 Å². The molecule has 0 radical (unpaired) electrons. The zero-order valence-corrected chi connectivity index (χ0v) is 13.2. The fraction of sp³-hybridized carbons (Fsp3) is 0.438. The molecule has 0 saturated carbocycles. The molecular weight excluding hydrogens is 298 g/mol. The molecule has 6 heteroatoms. The third-order valence-corrected chi connectivity index (χ3v) is 4.52. The van der Waals surface area contributed by atoms with Crippen LogP contribution in [0, 0.1) is 0 Å². The van der Waals surface area contributed by atoms with Crippen LogP contribution >= 0.6 is 11.3 Å². The summed E-state index contributed by atoms with van der Waals surface area (Å²) in [5.41, 5.74) is 1.46. The van der Waals surface area contributed by atoms with Crippen LogP contribution in [-0.4, -0.2) is 22.6 Å². The third kappa shape index (κ3) is 4.04. The first-order chi connectivity index (χ1) is 10.8. The van der Waals surface area contributed by atoms with Gasteiger partial charge in [0, 0.05) is 6.54 Å². The van der Waals surface area contributed by atoms with Crippen molar-refractivity contribution in [1.29, 1.82) is 0 Å². The van der Waals surface area contributed by atoms with Crippen LogP contribution in [0.4, 0.5) is 0 Å². The highest BCUT2D eigenvalue weighted by molar-refractivity contribution is 7.13. The molecule has 0 aromatic carbocycles. The Kier molecular flexibility index (Phi) is 5.00. The topological polar surface area (TPSA) is 68.0 Å². The van der Waals surface area contributed by atoms with Gasteiger partial charge < -0.3 is 9.73 Å². The Balaban J connectivity index is 1.44. The van der Waals surface area contributed by atoms with Gasteiger partial charge in [-0.2, -0.15) is 0 Å². The van der Waals surface area contributed by atoms with Crippen LogP contribution in [-0.2, 0) is 11.2 Å². The molecule has 0 saturated heterocycles. The summed E-state index contributed by atoms with van der Waals surface area (Å²) in [5, 5.41) is 12.8. The molecule has 116 valence electrons. The van der Waals surface area contributed by atoms with Crippen molar-refractivity contribution in [3.8, 4) is 10.8 Å². The number of carbonyl (C=O) groups is 1. The molecule has 1 amide bonds. The molecule has 0 atom stereocenters. The van der Waals surface area contributed by atoms with Gasteiger partial charge in [0.15, 0.2) is 0 Å². The number of rotatable bonds is 6. The van der Waals surface area contributed by atoms with Crippen LogP contribution in [0.15, 0.2) is 33.6 Å². The number of amides is 1. The maximum absolute atomic E-state index is 11.9. The molecule has 0 fully saturated rings. The SMILES string of the molecule is O=C(Cc1nnc(-c2cccs2)o1)NCCC1=CCCCC1.